The monoisotopic (exact) mass is 188 g/mol. The Kier molecular flexibility index (Phi) is 4.70. The van der Waals surface area contributed by atoms with E-state index in [-0.39, 0.29) is 6.10 Å². The first kappa shape index (κ1) is 11.0. The molecule has 3 nitrogen and oxygen atoms in total. The van der Waals surface area contributed by atoms with E-state index in [9.17, 15) is 5.11 Å². The first-order valence-corrected chi connectivity index (χ1v) is 5.51. The zero-order valence-corrected chi connectivity index (χ0v) is 8.92. The Morgan fingerprint density at radius 2 is 2.08 bits per heavy atom. The van der Waals surface area contributed by atoms with Crippen LogP contribution >= 0.6 is 0 Å². The molecular weight excluding hydrogens is 164 g/mol. The van der Waals surface area contributed by atoms with E-state index in [0.29, 0.717) is 0 Å². The van der Waals surface area contributed by atoms with Gasteiger partial charge in [0.2, 0.25) is 0 Å². The molecular formula is C10H24N2O+2. The van der Waals surface area contributed by atoms with Crippen LogP contribution in [0.3, 0.4) is 0 Å². The van der Waals surface area contributed by atoms with Gasteiger partial charge in [0, 0.05) is 0 Å². The highest BCUT2D eigenvalue weighted by molar-refractivity contribution is 4.57. The summed E-state index contributed by atoms with van der Waals surface area (Å²) in [7, 11) is 2.01. The van der Waals surface area contributed by atoms with Crippen LogP contribution in [0.2, 0.25) is 0 Å². The van der Waals surface area contributed by atoms with Crippen molar-refractivity contribution in [3.63, 3.8) is 0 Å². The summed E-state index contributed by atoms with van der Waals surface area (Å²) in [5.41, 5.74) is 0. The number of quaternary nitrogens is 2. The second kappa shape index (κ2) is 5.58. The third kappa shape index (κ3) is 4.07. The van der Waals surface area contributed by atoms with Crippen LogP contribution in [0.25, 0.3) is 0 Å². The molecule has 1 atom stereocenters. The number of aliphatic hydroxyl groups is 1. The standard InChI is InChI=1S/C10H22N2O/c1-9-3-5-12(6-4-9)8-10(13)7-11-2/h9-11,13H,3-8H2,1-2H3/p+2/t10-/m1/s1. The number of nitrogens with two attached hydrogens (primary N) is 1. The van der Waals surface area contributed by atoms with Crippen molar-refractivity contribution in [2.45, 2.75) is 25.9 Å². The average molecular weight is 188 g/mol. The molecule has 0 bridgehead atoms. The number of likely N-dealkylation sites (N-methyl/N-ethyl adjacent to an activating group) is 1. The first-order chi connectivity index (χ1) is 6.22. The Labute approximate surface area is 81.1 Å². The van der Waals surface area contributed by atoms with E-state index in [1.165, 1.54) is 25.9 Å². The van der Waals surface area contributed by atoms with Crippen LogP contribution in [0.4, 0.5) is 0 Å². The number of piperidine rings is 1. The minimum Gasteiger partial charge on any atom is -0.382 e. The normalized spacial score (nSPS) is 31.6. The molecule has 1 aliphatic heterocycles. The maximum atomic E-state index is 9.62. The van der Waals surface area contributed by atoms with Crippen LogP contribution in [0.15, 0.2) is 0 Å². The summed E-state index contributed by atoms with van der Waals surface area (Å²) in [6.45, 7) is 6.62. The predicted octanol–water partition coefficient (Wildman–Crippen LogP) is -2.14. The van der Waals surface area contributed by atoms with Gasteiger partial charge in [0.25, 0.3) is 0 Å². The van der Waals surface area contributed by atoms with Gasteiger partial charge in [-0.15, -0.1) is 0 Å². The fraction of sp³-hybridized carbons (Fsp3) is 1.00. The smallest absolute Gasteiger partial charge is 0.151 e. The summed E-state index contributed by atoms with van der Waals surface area (Å²) >= 11 is 0. The molecule has 0 aromatic carbocycles. The number of hydrogen-bond donors (Lipinski definition) is 3. The van der Waals surface area contributed by atoms with Gasteiger partial charge in [-0.3, -0.25) is 0 Å². The Hall–Kier alpha value is -0.120. The summed E-state index contributed by atoms with van der Waals surface area (Å²) in [6, 6.07) is 0. The van der Waals surface area contributed by atoms with Gasteiger partial charge in [0.15, 0.2) is 6.10 Å². The Balaban J connectivity index is 2.14. The van der Waals surface area contributed by atoms with Gasteiger partial charge < -0.3 is 15.3 Å². The fourth-order valence-corrected chi connectivity index (χ4v) is 2.06. The zero-order chi connectivity index (χ0) is 9.68. The van der Waals surface area contributed by atoms with Gasteiger partial charge >= 0.3 is 0 Å². The average Bonchev–Trinajstić information content (AvgIpc) is 2.09. The van der Waals surface area contributed by atoms with Crippen molar-refractivity contribution in [3.05, 3.63) is 0 Å². The third-order valence-electron chi connectivity index (χ3n) is 3.01. The molecule has 1 rings (SSSR count). The molecule has 0 aromatic heterocycles. The van der Waals surface area contributed by atoms with Crippen molar-refractivity contribution >= 4 is 0 Å². The summed E-state index contributed by atoms with van der Waals surface area (Å²) in [5.74, 6) is 0.902. The zero-order valence-electron chi connectivity index (χ0n) is 8.92. The SMILES string of the molecule is C[NH2+]C[C@@H](O)C[NH+]1CCC(C)CC1. The Morgan fingerprint density at radius 3 is 2.62 bits per heavy atom. The first-order valence-electron chi connectivity index (χ1n) is 5.51. The summed E-state index contributed by atoms with van der Waals surface area (Å²) < 4.78 is 0. The topological polar surface area (TPSA) is 41.3 Å². The van der Waals surface area contributed by atoms with E-state index in [1.807, 2.05) is 7.05 Å². The fourth-order valence-electron chi connectivity index (χ4n) is 2.06. The van der Waals surface area contributed by atoms with Crippen molar-refractivity contribution in [2.24, 2.45) is 5.92 Å². The third-order valence-corrected chi connectivity index (χ3v) is 3.01. The minimum absolute atomic E-state index is 0.117. The van der Waals surface area contributed by atoms with Crippen LogP contribution in [0.1, 0.15) is 19.8 Å². The summed E-state index contributed by atoms with van der Waals surface area (Å²) in [5, 5.41) is 11.7. The molecule has 0 unspecified atom stereocenters. The summed E-state index contributed by atoms with van der Waals surface area (Å²) in [4.78, 5) is 1.59. The molecule has 1 heterocycles. The second-order valence-corrected chi connectivity index (χ2v) is 4.43. The van der Waals surface area contributed by atoms with Gasteiger partial charge in [-0.25, -0.2) is 0 Å². The van der Waals surface area contributed by atoms with E-state index in [4.69, 9.17) is 0 Å². The molecule has 1 fully saturated rings. The van der Waals surface area contributed by atoms with Gasteiger partial charge in [-0.05, 0) is 18.8 Å². The molecule has 1 saturated heterocycles. The Morgan fingerprint density at radius 1 is 1.46 bits per heavy atom. The van der Waals surface area contributed by atoms with E-state index < -0.39 is 0 Å². The molecule has 13 heavy (non-hydrogen) atoms. The lowest BCUT2D eigenvalue weighted by Crippen LogP contribution is -3.14. The molecule has 78 valence electrons. The number of aliphatic hydroxyl groups excluding tert-OH is 1. The second-order valence-electron chi connectivity index (χ2n) is 4.43. The van der Waals surface area contributed by atoms with Crippen molar-refractivity contribution in [3.8, 4) is 0 Å². The van der Waals surface area contributed by atoms with E-state index in [0.717, 1.165) is 19.0 Å². The predicted molar refractivity (Wildman–Crippen MR) is 52.7 cm³/mol. The molecule has 0 saturated carbocycles. The van der Waals surface area contributed by atoms with Gasteiger partial charge in [-0.2, -0.15) is 0 Å². The minimum atomic E-state index is -0.117. The van der Waals surface area contributed by atoms with Crippen molar-refractivity contribution < 1.29 is 15.3 Å². The molecule has 0 radical (unpaired) electrons. The van der Waals surface area contributed by atoms with Gasteiger partial charge in [0.1, 0.15) is 13.1 Å². The number of hydrogen-bond acceptors (Lipinski definition) is 1. The van der Waals surface area contributed by atoms with Crippen molar-refractivity contribution in [1.29, 1.82) is 0 Å². The maximum Gasteiger partial charge on any atom is 0.151 e. The van der Waals surface area contributed by atoms with Crippen LogP contribution in [-0.2, 0) is 0 Å². The van der Waals surface area contributed by atoms with E-state index in [1.54, 1.807) is 4.90 Å². The quantitative estimate of drug-likeness (QED) is 0.463. The lowest BCUT2D eigenvalue weighted by molar-refractivity contribution is -0.910. The number of nitrogens with one attached hydrogen (secondary N) is 1. The van der Waals surface area contributed by atoms with E-state index in [2.05, 4.69) is 12.2 Å². The molecule has 4 N–H and O–H groups in total. The van der Waals surface area contributed by atoms with Crippen LogP contribution in [0.5, 0.6) is 0 Å². The van der Waals surface area contributed by atoms with Gasteiger partial charge in [0.05, 0.1) is 20.1 Å². The van der Waals surface area contributed by atoms with Gasteiger partial charge in [-0.1, -0.05) is 6.92 Å². The highest BCUT2D eigenvalue weighted by Crippen LogP contribution is 2.06. The highest BCUT2D eigenvalue weighted by Gasteiger charge is 2.21. The molecule has 1 aliphatic rings. The van der Waals surface area contributed by atoms with Crippen LogP contribution < -0.4 is 10.2 Å². The molecule has 0 spiro atoms. The highest BCUT2D eigenvalue weighted by atomic mass is 16.3. The number of likely N-dealkylation sites (tertiary alicyclic amines) is 1. The lowest BCUT2D eigenvalue weighted by Gasteiger charge is -2.28. The number of rotatable bonds is 4. The molecule has 0 aliphatic carbocycles. The van der Waals surface area contributed by atoms with Crippen LogP contribution in [-0.4, -0.2) is 44.4 Å². The molecule has 0 aromatic rings. The van der Waals surface area contributed by atoms with Crippen molar-refractivity contribution in [1.82, 2.24) is 0 Å². The molecule has 3 heteroatoms. The lowest BCUT2D eigenvalue weighted by atomic mass is 9.99. The van der Waals surface area contributed by atoms with Crippen LogP contribution in [0, 0.1) is 5.92 Å². The van der Waals surface area contributed by atoms with E-state index >= 15 is 0 Å². The molecule has 0 amide bonds. The Bertz CT molecular complexity index is 133. The largest absolute Gasteiger partial charge is 0.382 e. The van der Waals surface area contributed by atoms with Crippen molar-refractivity contribution in [2.75, 3.05) is 33.2 Å². The summed E-state index contributed by atoms with van der Waals surface area (Å²) in [6.07, 6.45) is 2.55. The maximum absolute atomic E-state index is 9.62.